The van der Waals surface area contributed by atoms with Crippen LogP contribution in [0.1, 0.15) is 123 Å². The van der Waals surface area contributed by atoms with Gasteiger partial charge in [-0.2, -0.15) is 0 Å². The van der Waals surface area contributed by atoms with Gasteiger partial charge in [-0.1, -0.05) is 12.8 Å². The van der Waals surface area contributed by atoms with Gasteiger partial charge in [-0.25, -0.2) is 9.97 Å². The number of aryl methyl sites for hydroxylation is 3. The van der Waals surface area contributed by atoms with E-state index >= 15 is 0 Å². The van der Waals surface area contributed by atoms with Crippen LogP contribution in [0.2, 0.25) is 0 Å². The van der Waals surface area contributed by atoms with Crippen LogP contribution in [-0.2, 0) is 31.9 Å². The van der Waals surface area contributed by atoms with Gasteiger partial charge in [-0.05, 0) is 174 Å². The number of likely N-dealkylation sites (tertiary alicyclic amines) is 2. The Morgan fingerprint density at radius 2 is 1.00 bits per heavy atom. The molecule has 0 atom stereocenters. The van der Waals surface area contributed by atoms with Gasteiger partial charge in [0, 0.05) is 48.0 Å². The Morgan fingerprint density at radius 3 is 1.54 bits per heavy atom. The second-order valence-corrected chi connectivity index (χ2v) is 16.1. The molecule has 0 spiro atoms. The molecule has 0 unspecified atom stereocenters. The number of hydrogen-bond donors (Lipinski definition) is 2. The fourth-order valence-electron chi connectivity index (χ4n) is 9.06. The van der Waals surface area contributed by atoms with Crippen molar-refractivity contribution in [1.82, 2.24) is 29.7 Å². The van der Waals surface area contributed by atoms with Gasteiger partial charge in [0.05, 0.1) is 37.0 Å². The number of methoxy groups -OCH3 is 2. The van der Waals surface area contributed by atoms with Gasteiger partial charge in [0.1, 0.15) is 0 Å². The Labute approximate surface area is 344 Å². The molecule has 0 saturated carbocycles. The largest absolute Gasteiger partial charge is 0.469 e. The number of allylic oxidation sites excluding steroid dienone is 3. The van der Waals surface area contributed by atoms with E-state index in [9.17, 15) is 9.59 Å². The number of ether oxygens (including phenoxy) is 2. The number of carbonyl (C=O) groups is 2. The molecule has 0 amide bonds. The quantitative estimate of drug-likeness (QED) is 0.175. The molecule has 8 bridgehead atoms. The molecule has 11 heteroatoms. The first-order chi connectivity index (χ1) is 27.1. The number of piperidine rings is 2. The van der Waals surface area contributed by atoms with Crippen molar-refractivity contribution in [2.45, 2.75) is 105 Å². The van der Waals surface area contributed by atoms with Crippen LogP contribution < -0.4 is 0 Å². The van der Waals surface area contributed by atoms with E-state index in [2.05, 4.69) is 71.7 Å². The molecule has 10 nitrogen and oxygen atoms in total. The number of aromatic amines is 2. The van der Waals surface area contributed by atoms with Crippen molar-refractivity contribution in [2.75, 3.05) is 53.5 Å². The minimum atomic E-state index is -0.254. The molecule has 306 valence electrons. The first-order valence-electron chi connectivity index (χ1n) is 20.9. The molecule has 2 fully saturated rings. The van der Waals surface area contributed by atoms with E-state index in [1.165, 1.54) is 75.0 Å². The Balaban J connectivity index is 0.00000549. The number of nitrogens with zero attached hydrogens (tertiary/aromatic N) is 4. The third-order valence-corrected chi connectivity index (χ3v) is 12.7. The van der Waals surface area contributed by atoms with E-state index in [0.29, 0.717) is 12.8 Å². The number of rotatable bonds is 12. The van der Waals surface area contributed by atoms with Crippen LogP contribution in [0.5, 0.6) is 0 Å². The van der Waals surface area contributed by atoms with Crippen molar-refractivity contribution in [3.8, 4) is 0 Å². The molecule has 57 heavy (non-hydrogen) atoms. The molecule has 0 radical (unpaired) electrons. The van der Waals surface area contributed by atoms with Crippen LogP contribution >= 0.6 is 12.4 Å². The van der Waals surface area contributed by atoms with E-state index in [4.69, 9.17) is 19.4 Å². The second-order valence-electron chi connectivity index (χ2n) is 16.1. The number of esters is 2. The Kier molecular flexibility index (Phi) is 14.1. The number of nitrogens with one attached hydrogen (secondary N) is 2. The molecule has 3 aromatic rings. The van der Waals surface area contributed by atoms with Gasteiger partial charge in [0.2, 0.25) is 0 Å². The van der Waals surface area contributed by atoms with Crippen molar-refractivity contribution in [2.24, 2.45) is 0 Å². The van der Waals surface area contributed by atoms with Gasteiger partial charge in [-0.15, -0.1) is 12.4 Å². The molecule has 4 aliphatic heterocycles. The van der Waals surface area contributed by atoms with Crippen molar-refractivity contribution in [3.63, 3.8) is 0 Å². The second kappa shape index (κ2) is 19.0. The normalized spacial score (nSPS) is 16.5. The summed E-state index contributed by atoms with van der Waals surface area (Å²) in [4.78, 5) is 48.3. The molecule has 7 heterocycles. The third-order valence-electron chi connectivity index (χ3n) is 12.7. The molecule has 0 aliphatic carbocycles. The summed E-state index contributed by atoms with van der Waals surface area (Å²) in [5, 5.41) is 0. The zero-order valence-electron chi connectivity index (χ0n) is 34.9. The van der Waals surface area contributed by atoms with Crippen LogP contribution in [0.3, 0.4) is 0 Å². The van der Waals surface area contributed by atoms with E-state index in [0.717, 1.165) is 119 Å². The van der Waals surface area contributed by atoms with Crippen LogP contribution in [0, 0.1) is 13.8 Å². The highest BCUT2D eigenvalue weighted by molar-refractivity contribution is 5.96. The minimum Gasteiger partial charge on any atom is -0.469 e. The monoisotopic (exact) mass is 796 g/mol. The summed E-state index contributed by atoms with van der Waals surface area (Å²) < 4.78 is 10.1. The van der Waals surface area contributed by atoms with E-state index < -0.39 is 0 Å². The zero-order valence-corrected chi connectivity index (χ0v) is 35.7. The summed E-state index contributed by atoms with van der Waals surface area (Å²) in [6.45, 7) is 15.4. The lowest BCUT2D eigenvalue weighted by Gasteiger charge is -2.26. The number of aromatic nitrogens is 4. The maximum Gasteiger partial charge on any atom is 0.305 e. The van der Waals surface area contributed by atoms with Crippen molar-refractivity contribution < 1.29 is 19.1 Å². The molecule has 7 rings (SSSR count). The highest BCUT2D eigenvalue weighted by atomic mass is 35.5. The van der Waals surface area contributed by atoms with Crippen molar-refractivity contribution in [1.29, 1.82) is 0 Å². The Hall–Kier alpha value is -4.25. The summed E-state index contributed by atoms with van der Waals surface area (Å²) in [6.07, 6.45) is 11.1. The van der Waals surface area contributed by atoms with Gasteiger partial charge in [-0.3, -0.25) is 9.59 Å². The predicted molar refractivity (Wildman–Crippen MR) is 233 cm³/mol. The first kappa shape index (κ1) is 42.4. The summed E-state index contributed by atoms with van der Waals surface area (Å²) in [5.74, 6) is -0.499. The number of H-pyrrole nitrogens is 2. The van der Waals surface area contributed by atoms with E-state index in [-0.39, 0.29) is 37.2 Å². The zero-order chi connectivity index (χ0) is 39.3. The standard InChI is InChI=1S/C46H60N6O4.ClH/c1-29-33(13-15-45(53)55-5)43-28-44-34(14-16-46(54)56-6)30(2)39(50-44)26-42-36(18-24-52-21-11-8-12-22-52)32(4)40(49-42)27-41-35(17-23-51-19-9-7-10-20-51)31(3)38(47-41)25-37(29)48-43;/h25-28,49-50H,7-24H2,1-6H3;1H. The smallest absolute Gasteiger partial charge is 0.305 e. The summed E-state index contributed by atoms with van der Waals surface area (Å²) >= 11 is 0. The highest BCUT2D eigenvalue weighted by Crippen LogP contribution is 2.38. The van der Waals surface area contributed by atoms with Gasteiger partial charge >= 0.3 is 11.9 Å². The van der Waals surface area contributed by atoms with Gasteiger partial charge in [0.25, 0.3) is 0 Å². The fourth-order valence-corrected chi connectivity index (χ4v) is 9.06. The first-order valence-corrected chi connectivity index (χ1v) is 20.9. The average Bonchev–Trinajstić information content (AvgIpc) is 3.87. The maximum atomic E-state index is 12.4. The van der Waals surface area contributed by atoms with E-state index in [1.807, 2.05) is 0 Å². The fraction of sp³-hybridized carbons (Fsp3) is 0.522. The summed E-state index contributed by atoms with van der Waals surface area (Å²) in [7, 11) is 2.87. The lowest BCUT2D eigenvalue weighted by atomic mass is 9.99. The number of halogens is 1. The number of hydrogen-bond acceptors (Lipinski definition) is 8. The third kappa shape index (κ3) is 9.56. The summed E-state index contributed by atoms with van der Waals surface area (Å²) in [5.41, 5.74) is 17.0. The Morgan fingerprint density at radius 1 is 0.561 bits per heavy atom. The molecule has 2 N–H and O–H groups in total. The maximum absolute atomic E-state index is 12.4. The summed E-state index contributed by atoms with van der Waals surface area (Å²) in [6, 6.07) is 8.76. The van der Waals surface area contributed by atoms with Crippen LogP contribution in [0.25, 0.3) is 44.4 Å². The van der Waals surface area contributed by atoms with Gasteiger partial charge in [0.15, 0.2) is 0 Å². The highest BCUT2D eigenvalue weighted by Gasteiger charge is 2.24. The average molecular weight is 797 g/mol. The molecule has 4 aliphatic rings. The SMILES string of the molecule is COC(=O)CCC1=C(C)c2cc3nc(cc4[nH]c(cc5[nH]c(cc1n2)c(CCC(=O)OC)c5C)c(CCN1CCCCC1)c4C)C(CCN1CCCCC1)=C3C.Cl. The lowest BCUT2D eigenvalue weighted by Crippen LogP contribution is -2.31. The molecule has 0 aromatic carbocycles. The molecule has 2 saturated heterocycles. The van der Waals surface area contributed by atoms with Crippen LogP contribution in [0.15, 0.2) is 24.3 Å². The molecular weight excluding hydrogens is 736 g/mol. The number of fused-ring (bicyclic) bond motifs is 8. The van der Waals surface area contributed by atoms with Gasteiger partial charge < -0.3 is 29.2 Å². The minimum absolute atomic E-state index is 0. The van der Waals surface area contributed by atoms with Crippen LogP contribution in [-0.4, -0.2) is 95.2 Å². The topological polar surface area (TPSA) is 116 Å². The predicted octanol–water partition coefficient (Wildman–Crippen LogP) is 9.18. The van der Waals surface area contributed by atoms with Crippen molar-refractivity contribution >= 4 is 68.7 Å². The van der Waals surface area contributed by atoms with Crippen LogP contribution in [0.4, 0.5) is 0 Å². The van der Waals surface area contributed by atoms with Crippen molar-refractivity contribution in [3.05, 3.63) is 69.3 Å². The Bertz CT molecular complexity index is 2200. The molecular formula is C46H61ClN6O4. The number of carbonyl (C=O) groups excluding carboxylic acids is 2. The molecule has 3 aromatic heterocycles. The van der Waals surface area contributed by atoms with E-state index in [1.54, 1.807) is 0 Å². The lowest BCUT2D eigenvalue weighted by molar-refractivity contribution is -0.141.